The van der Waals surface area contributed by atoms with Crippen LogP contribution < -0.4 is 10.5 Å². The fourth-order valence-electron chi connectivity index (χ4n) is 6.70. The van der Waals surface area contributed by atoms with Crippen LogP contribution in [0.3, 0.4) is 0 Å². The molecule has 2 saturated carbocycles. The topological polar surface area (TPSA) is 45.7 Å². The number of halogens is 2. The molecule has 2 atom stereocenters. The number of hydrogen-bond donors (Lipinski definition) is 0. The molecule has 0 bridgehead atoms. The number of rotatable bonds is 6. The molecule has 208 valence electrons. The van der Waals surface area contributed by atoms with Gasteiger partial charge in [-0.05, 0) is 85.0 Å². The third-order valence-corrected chi connectivity index (χ3v) is 9.12. The van der Waals surface area contributed by atoms with Gasteiger partial charge in [0.05, 0.1) is 17.2 Å². The van der Waals surface area contributed by atoms with Crippen molar-refractivity contribution in [2.45, 2.75) is 43.8 Å². The van der Waals surface area contributed by atoms with Crippen molar-refractivity contribution in [1.29, 1.82) is 0 Å². The third kappa shape index (κ3) is 4.78. The van der Waals surface area contributed by atoms with E-state index in [-0.39, 0.29) is 35.3 Å². The lowest BCUT2D eigenvalue weighted by molar-refractivity contribution is 0.0955. The molecule has 0 radical (unpaired) electrons. The number of pyridine rings is 2. The van der Waals surface area contributed by atoms with Crippen LogP contribution in [0.15, 0.2) is 71.5 Å². The van der Waals surface area contributed by atoms with Gasteiger partial charge in [-0.25, -0.2) is 8.78 Å². The molecular formula is C33H31F2N5O. The normalized spacial score (nSPS) is 21.4. The molecule has 3 fully saturated rings. The number of anilines is 1. The van der Waals surface area contributed by atoms with Crippen LogP contribution in [0.2, 0.25) is 0 Å². The standard InChI is InChI=1S/C33H31F2N5O/c1-36-30-16-15-26-32(37-30)27(17-31(41)38(26)2)39-18-29(21-5-6-21)40(19-28(39)20-3-4-20)33(22-7-11-24(34)12-8-22)23-9-13-25(35)14-10-23/h7-17,20-21,28-29,33H,3-6,18-19H2,2H3. The highest BCUT2D eigenvalue weighted by Gasteiger charge is 2.49. The summed E-state index contributed by atoms with van der Waals surface area (Å²) in [5, 5.41) is 0. The van der Waals surface area contributed by atoms with E-state index in [4.69, 9.17) is 11.6 Å². The van der Waals surface area contributed by atoms with Crippen molar-refractivity contribution in [3.8, 4) is 0 Å². The van der Waals surface area contributed by atoms with Crippen LogP contribution in [0.1, 0.15) is 42.9 Å². The van der Waals surface area contributed by atoms with E-state index >= 15 is 0 Å². The average molecular weight is 552 g/mol. The summed E-state index contributed by atoms with van der Waals surface area (Å²) in [5.74, 6) is 0.712. The summed E-state index contributed by atoms with van der Waals surface area (Å²) in [4.78, 5) is 26.4. The van der Waals surface area contributed by atoms with Gasteiger partial charge in [-0.2, -0.15) is 0 Å². The Kier molecular flexibility index (Phi) is 6.35. The molecule has 2 aromatic carbocycles. The van der Waals surface area contributed by atoms with Crippen LogP contribution in [-0.4, -0.2) is 39.6 Å². The average Bonchev–Trinajstić information content (AvgIpc) is 3.91. The van der Waals surface area contributed by atoms with Gasteiger partial charge < -0.3 is 14.3 Å². The van der Waals surface area contributed by atoms with Gasteiger partial charge in [-0.15, -0.1) is 4.98 Å². The lowest BCUT2D eigenvalue weighted by atomic mass is 9.90. The fourth-order valence-corrected chi connectivity index (χ4v) is 6.70. The number of fused-ring (bicyclic) bond motifs is 1. The van der Waals surface area contributed by atoms with Crippen molar-refractivity contribution in [3.05, 3.63) is 111 Å². The van der Waals surface area contributed by atoms with Gasteiger partial charge in [-0.3, -0.25) is 9.69 Å². The summed E-state index contributed by atoms with van der Waals surface area (Å²) in [6, 6.07) is 18.7. The largest absolute Gasteiger partial charge is 0.362 e. The zero-order chi connectivity index (χ0) is 28.2. The molecule has 6 nitrogen and oxygen atoms in total. The van der Waals surface area contributed by atoms with Crippen LogP contribution in [-0.2, 0) is 7.05 Å². The molecule has 1 saturated heterocycles. The molecule has 2 aliphatic carbocycles. The molecule has 7 rings (SSSR count). The summed E-state index contributed by atoms with van der Waals surface area (Å²) in [6.45, 7) is 9.01. The van der Waals surface area contributed by atoms with Crippen LogP contribution in [0, 0.1) is 30.0 Å². The van der Waals surface area contributed by atoms with Gasteiger partial charge in [-0.1, -0.05) is 30.8 Å². The number of aromatic nitrogens is 2. The molecule has 2 aromatic heterocycles. The first-order chi connectivity index (χ1) is 19.9. The highest BCUT2D eigenvalue weighted by molar-refractivity contribution is 5.90. The second-order valence-corrected chi connectivity index (χ2v) is 11.7. The van der Waals surface area contributed by atoms with Crippen LogP contribution in [0.25, 0.3) is 15.9 Å². The summed E-state index contributed by atoms with van der Waals surface area (Å²) in [6.07, 6.45) is 4.48. The molecule has 0 N–H and O–H groups in total. The van der Waals surface area contributed by atoms with E-state index in [9.17, 15) is 13.6 Å². The highest BCUT2D eigenvalue weighted by Crippen LogP contribution is 2.48. The summed E-state index contributed by atoms with van der Waals surface area (Å²) < 4.78 is 29.6. The minimum absolute atomic E-state index is 0.0969. The molecule has 3 aliphatic rings. The number of benzene rings is 2. The Morgan fingerprint density at radius 1 is 0.854 bits per heavy atom. The number of piperazine rings is 1. The van der Waals surface area contributed by atoms with Gasteiger partial charge in [0.2, 0.25) is 5.52 Å². The highest BCUT2D eigenvalue weighted by atomic mass is 19.1. The molecule has 41 heavy (non-hydrogen) atoms. The Hall–Kier alpha value is -4.09. The fraction of sp³-hybridized carbons (Fsp3) is 0.364. The molecule has 2 unspecified atom stereocenters. The van der Waals surface area contributed by atoms with Crippen molar-refractivity contribution >= 4 is 22.5 Å². The van der Waals surface area contributed by atoms with Crippen LogP contribution in [0.4, 0.5) is 20.3 Å². The lowest BCUT2D eigenvalue weighted by Crippen LogP contribution is -2.61. The number of aryl methyl sites for hydroxylation is 1. The smallest absolute Gasteiger partial charge is 0.270 e. The molecule has 3 heterocycles. The van der Waals surface area contributed by atoms with Crippen molar-refractivity contribution in [2.75, 3.05) is 18.0 Å². The minimum atomic E-state index is -0.283. The maximum atomic E-state index is 14.0. The molecule has 4 aromatic rings. The Balaban J connectivity index is 1.35. The Labute approximate surface area is 237 Å². The van der Waals surface area contributed by atoms with Crippen molar-refractivity contribution in [3.63, 3.8) is 0 Å². The maximum Gasteiger partial charge on any atom is 0.270 e. The molecule has 0 spiro atoms. The monoisotopic (exact) mass is 551 g/mol. The lowest BCUT2D eigenvalue weighted by Gasteiger charge is -2.51. The zero-order valence-electron chi connectivity index (χ0n) is 22.9. The Morgan fingerprint density at radius 3 is 2.00 bits per heavy atom. The summed E-state index contributed by atoms with van der Waals surface area (Å²) >= 11 is 0. The molecular weight excluding hydrogens is 520 g/mol. The number of hydrogen-bond acceptors (Lipinski definition) is 4. The summed E-state index contributed by atoms with van der Waals surface area (Å²) in [7, 11) is 1.74. The minimum Gasteiger partial charge on any atom is -0.362 e. The first-order valence-corrected chi connectivity index (χ1v) is 14.3. The van der Waals surface area contributed by atoms with Gasteiger partial charge in [0.15, 0.2) is 0 Å². The van der Waals surface area contributed by atoms with E-state index in [1.54, 1.807) is 23.7 Å². The van der Waals surface area contributed by atoms with E-state index in [1.165, 1.54) is 24.3 Å². The van der Waals surface area contributed by atoms with Gasteiger partial charge in [0.25, 0.3) is 11.4 Å². The molecule has 1 aliphatic heterocycles. The second kappa shape index (κ2) is 10.1. The van der Waals surface area contributed by atoms with Crippen LogP contribution >= 0.6 is 0 Å². The SMILES string of the molecule is [C-]#[N+]c1ccc2c(n1)c(N1CC(C3CC3)N(C(c3ccc(F)cc3)c3ccc(F)cc3)CC1C1CC1)cc(=O)n2C. The van der Waals surface area contributed by atoms with E-state index in [2.05, 4.69) is 14.6 Å². The predicted octanol–water partition coefficient (Wildman–Crippen LogP) is 6.23. The van der Waals surface area contributed by atoms with E-state index in [1.807, 2.05) is 30.3 Å². The molecule has 8 heteroatoms. The van der Waals surface area contributed by atoms with Gasteiger partial charge in [0, 0.05) is 38.3 Å². The second-order valence-electron chi connectivity index (χ2n) is 11.7. The van der Waals surface area contributed by atoms with Gasteiger partial charge >= 0.3 is 0 Å². The Morgan fingerprint density at radius 2 is 1.44 bits per heavy atom. The van der Waals surface area contributed by atoms with Gasteiger partial charge in [0.1, 0.15) is 11.6 Å². The van der Waals surface area contributed by atoms with Crippen molar-refractivity contribution in [2.24, 2.45) is 18.9 Å². The number of nitrogens with zero attached hydrogens (tertiary/aromatic N) is 5. The van der Waals surface area contributed by atoms with E-state index < -0.39 is 0 Å². The first kappa shape index (κ1) is 25.8. The van der Waals surface area contributed by atoms with E-state index in [0.717, 1.165) is 61.1 Å². The first-order valence-electron chi connectivity index (χ1n) is 14.3. The maximum absolute atomic E-state index is 14.0. The quantitative estimate of drug-likeness (QED) is 0.267. The third-order valence-electron chi connectivity index (χ3n) is 9.12. The van der Waals surface area contributed by atoms with Crippen LogP contribution in [0.5, 0.6) is 0 Å². The molecule has 0 amide bonds. The van der Waals surface area contributed by atoms with Crippen molar-refractivity contribution < 1.29 is 8.78 Å². The van der Waals surface area contributed by atoms with Crippen molar-refractivity contribution in [1.82, 2.24) is 14.5 Å². The Bertz CT molecular complexity index is 1660. The zero-order valence-corrected chi connectivity index (χ0v) is 22.9. The van der Waals surface area contributed by atoms with E-state index in [0.29, 0.717) is 23.2 Å². The predicted molar refractivity (Wildman–Crippen MR) is 155 cm³/mol. The summed E-state index contributed by atoms with van der Waals surface area (Å²) in [5.41, 5.74) is 4.07.